The van der Waals surface area contributed by atoms with Crippen molar-refractivity contribution in [2.24, 2.45) is 0 Å². The van der Waals surface area contributed by atoms with Crippen molar-refractivity contribution in [1.82, 2.24) is 15.0 Å². The summed E-state index contributed by atoms with van der Waals surface area (Å²) in [6.07, 6.45) is 8.47. The van der Waals surface area contributed by atoms with Crippen LogP contribution in [0.25, 0.3) is 5.69 Å². The molecule has 0 saturated heterocycles. The third kappa shape index (κ3) is 37.7. The van der Waals surface area contributed by atoms with Gasteiger partial charge in [0.1, 0.15) is 0 Å². The molecule has 90 heavy (non-hydrogen) atoms. The number of alkyl halides is 4. The van der Waals surface area contributed by atoms with Crippen LogP contribution >= 0.6 is 62.2 Å². The molecule has 0 saturated carbocycles. The van der Waals surface area contributed by atoms with Gasteiger partial charge in [0, 0.05) is 61.9 Å². The van der Waals surface area contributed by atoms with Crippen LogP contribution in [-0.4, -0.2) is 25.7 Å². The summed E-state index contributed by atoms with van der Waals surface area (Å²) in [5.41, 5.74) is 9.26. The maximum Gasteiger partial charge on any atom is 0 e. The molecule has 472 valence electrons. The van der Waals surface area contributed by atoms with E-state index < -0.39 is 44.9 Å². The number of rotatable bonds is 7. The minimum Gasteiger partial charge on any atom is 0 e. The quantitative estimate of drug-likeness (QED) is 0.0226. The molecule has 2 radical (unpaired) electrons. The molecule has 0 aliphatic rings. The Morgan fingerprint density at radius 3 is 0.800 bits per heavy atom. The molecule has 24 heteroatoms. The number of nitrogens with zero attached hydrogens (tertiary/aromatic N) is 3. The zero-order valence-electron chi connectivity index (χ0n) is 48.2. The van der Waals surface area contributed by atoms with Gasteiger partial charge in [0.25, 0.3) is 0 Å². The van der Waals surface area contributed by atoms with E-state index in [4.69, 9.17) is 85.4 Å². The first-order valence-electron chi connectivity index (χ1n) is 23.7. The molecule has 0 N–H and O–H groups in total. The zero-order valence-corrected chi connectivity index (χ0v) is 60.7. The van der Waals surface area contributed by atoms with E-state index in [2.05, 4.69) is 250 Å². The first kappa shape index (κ1) is 98.0. The molecule has 0 spiro atoms. The van der Waals surface area contributed by atoms with Gasteiger partial charge >= 0.3 is 79.1 Å². The molecule has 9 rings (SSSR count). The zero-order chi connectivity index (χ0) is 67.5. The molecule has 0 unspecified atom stereocenters. The van der Waals surface area contributed by atoms with Crippen molar-refractivity contribution < 1.29 is 116 Å². The number of aromatic nitrogens is 3. The minimum atomic E-state index is -2.17. The van der Waals surface area contributed by atoms with E-state index >= 15 is 0 Å². The number of hydrogen-bond acceptors (Lipinski definition) is 2. The van der Waals surface area contributed by atoms with Crippen molar-refractivity contribution >= 4 is 94.1 Å². The number of aryl methyl sites for hydroxylation is 6. The fourth-order valence-electron chi connectivity index (χ4n) is 6.52. The van der Waals surface area contributed by atoms with Crippen molar-refractivity contribution in [1.29, 1.82) is 0 Å². The third-order valence-corrected chi connectivity index (χ3v) is 15.2. The van der Waals surface area contributed by atoms with Crippen LogP contribution in [-0.2, 0) is 94.5 Å². The third-order valence-electron chi connectivity index (χ3n) is 10.3. The smallest absolute Gasteiger partial charge is 0 e. The van der Waals surface area contributed by atoms with Crippen LogP contribution in [0.5, 0.6) is 0 Å². The molecule has 0 aliphatic carbocycles. The Labute approximate surface area is 587 Å². The van der Waals surface area contributed by atoms with E-state index in [1.54, 1.807) is 10.9 Å². The van der Waals surface area contributed by atoms with Gasteiger partial charge in [0.15, 0.2) is 0 Å². The average molecular weight is 1860 g/mol. The van der Waals surface area contributed by atoms with Crippen LogP contribution < -0.4 is 31.8 Å². The summed E-state index contributed by atoms with van der Waals surface area (Å²) >= 11 is 19.1. The molecule has 0 amide bonds. The van der Waals surface area contributed by atoms with Gasteiger partial charge in [0.2, 0.25) is 0 Å². The molecular weight excluding hydrogens is 1810 g/mol. The van der Waals surface area contributed by atoms with Crippen molar-refractivity contribution in [3.05, 3.63) is 303 Å². The Bertz CT molecular complexity index is 3030. The van der Waals surface area contributed by atoms with Gasteiger partial charge in [-0.15, -0.1) is 69.8 Å². The summed E-state index contributed by atoms with van der Waals surface area (Å²) in [5.74, 6) is -7.88. The van der Waals surface area contributed by atoms with Crippen molar-refractivity contribution in [3.63, 3.8) is 0 Å². The molecule has 1 heterocycles. The Balaban J connectivity index is -0.000000189. The van der Waals surface area contributed by atoms with E-state index in [0.717, 1.165) is 11.8 Å². The first-order chi connectivity index (χ1) is 42.0. The molecule has 9 aromatic rings. The second-order valence-corrected chi connectivity index (χ2v) is 22.0. The van der Waals surface area contributed by atoms with Crippen molar-refractivity contribution in [3.8, 4) is 11.6 Å². The van der Waals surface area contributed by atoms with Crippen LogP contribution in [0, 0.1) is 136 Å². The average Bonchev–Trinajstić information content (AvgIpc) is 4.40. The van der Waals surface area contributed by atoms with E-state index in [9.17, 15) is 22.0 Å². The summed E-state index contributed by atoms with van der Waals surface area (Å²) in [6, 6.07) is 62.6. The molecule has 0 aliphatic heterocycles. The standard InChI is InChI=1S/2C21H21P.C9H5N3.C6F5.2CH2Cl2.7CO.Pt.2Re/c2*1-16-4-10-19(11-5-16)22(20-12-6-17(2)7-13-20)21-14-8-18(3)9-15-21;1-2-8-7-12(11-10-8)9-5-3-4-6-9;7-2-1-3(8)5(10)6(11)4(2)9;2*2-1-3;7*1-2;;;/h2*4-15H,1-3H3;3-7H;;2*1H2;;;;;;;;;;/q;;-2;-1;;;;;;;;;;;;. The van der Waals surface area contributed by atoms with Gasteiger partial charge in [-0.25, -0.2) is 18.3 Å². The molecule has 0 bridgehead atoms. The summed E-state index contributed by atoms with van der Waals surface area (Å²) in [6.45, 7) is 44.4. The summed E-state index contributed by atoms with van der Waals surface area (Å²) in [5, 5.41) is 16.4. The summed E-state index contributed by atoms with van der Waals surface area (Å²) in [4.78, 5) is 0. The largest absolute Gasteiger partial charge is 0 e. The molecule has 1 aromatic heterocycles. The second kappa shape index (κ2) is 62.3. The van der Waals surface area contributed by atoms with E-state index in [0.29, 0.717) is 5.69 Å². The maximum atomic E-state index is 12.0. The van der Waals surface area contributed by atoms with Gasteiger partial charge < -0.3 is 11.1 Å². The monoisotopic (exact) mass is 1860 g/mol. The van der Waals surface area contributed by atoms with Gasteiger partial charge in [-0.1, -0.05) is 185 Å². The maximum absolute atomic E-state index is 12.0. The van der Waals surface area contributed by atoms with Gasteiger partial charge in [-0.2, -0.15) is 12.1 Å². The molecule has 8 aromatic carbocycles. The van der Waals surface area contributed by atoms with Crippen LogP contribution in [0.15, 0.2) is 176 Å². The minimum absolute atomic E-state index is 0. The fourth-order valence-corrected chi connectivity index (χ4v) is 11.0. The second-order valence-electron chi connectivity index (χ2n) is 15.9. The van der Waals surface area contributed by atoms with Crippen LogP contribution in [0.4, 0.5) is 22.0 Å². The van der Waals surface area contributed by atoms with Crippen molar-refractivity contribution in [2.75, 3.05) is 10.7 Å². The Morgan fingerprint density at radius 2 is 0.622 bits per heavy atom. The molecule has 10 nitrogen and oxygen atoms in total. The molecule has 0 fully saturated rings. The summed E-state index contributed by atoms with van der Waals surface area (Å²) < 4.78 is 114. The number of halogens is 9. The topological polar surface area (TPSA) is 170 Å². The van der Waals surface area contributed by atoms with E-state index in [1.807, 2.05) is 24.3 Å². The van der Waals surface area contributed by atoms with Crippen LogP contribution in [0.2, 0.25) is 0 Å². The predicted molar refractivity (Wildman–Crippen MR) is 328 cm³/mol. The fraction of sp³-hybridized carbons (Fsp3) is 0.121. The number of benzene rings is 7. The number of hydrogen-bond donors (Lipinski definition) is 0. The predicted octanol–water partition coefficient (Wildman–Crippen LogP) is 14.4. The normalized spacial score (nSPS) is 8.42. The van der Waals surface area contributed by atoms with E-state index in [-0.39, 0.29) is 72.6 Å². The van der Waals surface area contributed by atoms with Gasteiger partial charge in [-0.3, -0.25) is 14.7 Å². The first-order valence-corrected chi connectivity index (χ1v) is 28.5. The Kier molecular flexibility index (Phi) is 67.8. The van der Waals surface area contributed by atoms with E-state index in [1.165, 1.54) is 65.2 Å². The molecule has 0 atom stereocenters. The SMILES string of the molecule is Cc1ccc(P(c2ccc(C)cc2)c2ccc(C)cc2)cc1.Cc1ccc(P(c2ccc(C)cc2)c2ccc(C)cc2)cc1.ClCCl.ClCCl.Fc1[c-]c(F)c(F)c(F)c1F.[C-]#Cc1cn(-[c-]2cccc2)nn1.[C-]#[O+].[C-]#[O+].[C-]#[O+].[C-]#[O+].[C-]#[O+].[C-]#[O+].[C-]#[O+].[Pt].[Re].[Re]. The van der Waals surface area contributed by atoms with Crippen molar-refractivity contribution in [2.45, 2.75) is 41.5 Å². The molecular formula is C66H51Cl4F5N3O7P2PtRe2-3. The van der Waals surface area contributed by atoms with Gasteiger partial charge in [0.05, 0.1) is 39.8 Å². The van der Waals surface area contributed by atoms with Crippen LogP contribution in [0.3, 0.4) is 0 Å². The Hall–Kier alpha value is -5.55. The Morgan fingerprint density at radius 1 is 0.422 bits per heavy atom. The van der Waals surface area contributed by atoms with Gasteiger partial charge in [-0.05, 0) is 101 Å². The van der Waals surface area contributed by atoms with Crippen LogP contribution in [0.1, 0.15) is 39.1 Å². The summed E-state index contributed by atoms with van der Waals surface area (Å²) in [7, 11) is -0.966.